The molecule has 2 aromatic rings. The molecule has 1 fully saturated rings. The molecule has 0 N–H and O–H groups in total. The highest BCUT2D eigenvalue weighted by Crippen LogP contribution is 2.52. The first kappa shape index (κ1) is 19.4. The molecule has 1 amide bonds. The summed E-state index contributed by atoms with van der Waals surface area (Å²) in [6, 6.07) is 10.8. The summed E-state index contributed by atoms with van der Waals surface area (Å²) in [6.45, 7) is 4.00. The minimum Gasteiger partial charge on any atom is -0.486 e. The van der Waals surface area contributed by atoms with Crippen molar-refractivity contribution in [2.24, 2.45) is 0 Å². The predicted molar refractivity (Wildman–Crippen MR) is 112 cm³/mol. The number of hydrogen-bond acceptors (Lipinski definition) is 3. The topological polar surface area (TPSA) is 38.8 Å². The van der Waals surface area contributed by atoms with Gasteiger partial charge in [-0.15, -0.1) is 0 Å². The number of carbonyl (C=O) groups is 1. The number of carbonyl (C=O) groups excluding carboxylic acids is 1. The van der Waals surface area contributed by atoms with E-state index in [0.29, 0.717) is 26.1 Å². The van der Waals surface area contributed by atoms with E-state index in [-0.39, 0.29) is 23.2 Å². The van der Waals surface area contributed by atoms with Crippen LogP contribution in [0.4, 0.5) is 4.39 Å². The fraction of sp³-hybridized carbons (Fsp3) is 0.480. The summed E-state index contributed by atoms with van der Waals surface area (Å²) in [5.74, 6) is 1.51. The van der Waals surface area contributed by atoms with Gasteiger partial charge in [0.05, 0.1) is 6.04 Å². The summed E-state index contributed by atoms with van der Waals surface area (Å²) in [5, 5.41) is 0. The van der Waals surface area contributed by atoms with Crippen molar-refractivity contribution in [3.05, 3.63) is 58.9 Å². The highest BCUT2D eigenvalue weighted by atomic mass is 19.1. The third-order valence-electron chi connectivity index (χ3n) is 7.07. The Balaban J connectivity index is 1.44. The van der Waals surface area contributed by atoms with Gasteiger partial charge in [0.2, 0.25) is 5.91 Å². The number of benzene rings is 2. The van der Waals surface area contributed by atoms with E-state index < -0.39 is 0 Å². The number of nitrogens with zero attached hydrogens (tertiary/aromatic N) is 1. The highest BCUT2D eigenvalue weighted by molar-refractivity contribution is 5.78. The lowest BCUT2D eigenvalue weighted by atomic mass is 9.71. The van der Waals surface area contributed by atoms with Gasteiger partial charge in [-0.25, -0.2) is 4.39 Å². The van der Waals surface area contributed by atoms with Crippen LogP contribution in [0.2, 0.25) is 0 Å². The van der Waals surface area contributed by atoms with Crippen LogP contribution in [0.1, 0.15) is 61.8 Å². The third kappa shape index (κ3) is 3.34. The molecule has 2 aliphatic heterocycles. The predicted octanol–water partition coefficient (Wildman–Crippen LogP) is 4.94. The normalized spacial score (nSPS) is 21.5. The van der Waals surface area contributed by atoms with Crippen LogP contribution in [0, 0.1) is 5.82 Å². The number of ether oxygens (including phenoxy) is 2. The van der Waals surface area contributed by atoms with Crippen LogP contribution < -0.4 is 9.47 Å². The first-order valence-corrected chi connectivity index (χ1v) is 11.0. The standard InChI is InChI=1S/C25H28FNO3/c1-17-20-14-22-23(30-12-11-29-22)15-21(20)25(9-2-3-10-25)16-27(17)24(28)8-7-18-5-4-6-19(26)13-18/h4-6,13-15,17H,2-3,7-12,16H2,1H3. The molecule has 1 aliphatic carbocycles. The molecular formula is C25H28FNO3. The molecule has 0 saturated heterocycles. The van der Waals surface area contributed by atoms with E-state index in [1.165, 1.54) is 36.1 Å². The summed E-state index contributed by atoms with van der Waals surface area (Å²) in [5.41, 5.74) is 3.40. The number of fused-ring (bicyclic) bond motifs is 3. The fourth-order valence-corrected chi connectivity index (χ4v) is 5.50. The fourth-order valence-electron chi connectivity index (χ4n) is 5.50. The Hall–Kier alpha value is -2.56. The van der Waals surface area contributed by atoms with E-state index in [1.807, 2.05) is 11.0 Å². The van der Waals surface area contributed by atoms with Gasteiger partial charge in [0.1, 0.15) is 19.0 Å². The van der Waals surface area contributed by atoms with Crippen molar-refractivity contribution < 1.29 is 18.7 Å². The lowest BCUT2D eigenvalue weighted by Crippen LogP contribution is -2.48. The molecule has 2 heterocycles. The molecule has 2 aromatic carbocycles. The number of hydrogen-bond donors (Lipinski definition) is 0. The first-order valence-electron chi connectivity index (χ1n) is 11.0. The van der Waals surface area contributed by atoms with Crippen molar-refractivity contribution in [3.63, 3.8) is 0 Å². The number of rotatable bonds is 3. The van der Waals surface area contributed by atoms with Gasteiger partial charge >= 0.3 is 0 Å². The lowest BCUT2D eigenvalue weighted by molar-refractivity contribution is -0.135. The lowest BCUT2D eigenvalue weighted by Gasteiger charge is -2.46. The second-order valence-electron chi connectivity index (χ2n) is 8.90. The Morgan fingerprint density at radius 2 is 1.87 bits per heavy atom. The maximum absolute atomic E-state index is 13.5. The van der Waals surface area contributed by atoms with Crippen LogP contribution in [0.25, 0.3) is 0 Å². The Bertz CT molecular complexity index is 967. The minimum atomic E-state index is -0.253. The molecule has 0 bridgehead atoms. The van der Waals surface area contributed by atoms with Gasteiger partial charge < -0.3 is 14.4 Å². The van der Waals surface area contributed by atoms with Crippen LogP contribution in [-0.2, 0) is 16.6 Å². The maximum Gasteiger partial charge on any atom is 0.223 e. The highest BCUT2D eigenvalue weighted by Gasteiger charge is 2.46. The van der Waals surface area contributed by atoms with Crippen LogP contribution in [0.15, 0.2) is 36.4 Å². The number of halogens is 1. The van der Waals surface area contributed by atoms with Crippen molar-refractivity contribution in [2.45, 2.75) is 56.9 Å². The Morgan fingerprint density at radius 1 is 1.13 bits per heavy atom. The number of amides is 1. The van der Waals surface area contributed by atoms with Crippen LogP contribution in [0.5, 0.6) is 11.5 Å². The SMILES string of the molecule is CC1c2cc3c(cc2C2(CCCC2)CN1C(=O)CCc1cccc(F)c1)OCCO3. The molecule has 0 radical (unpaired) electrons. The van der Waals surface area contributed by atoms with E-state index in [9.17, 15) is 9.18 Å². The summed E-state index contributed by atoms with van der Waals surface area (Å²) in [6.07, 6.45) is 5.52. The quantitative estimate of drug-likeness (QED) is 0.720. The van der Waals surface area contributed by atoms with E-state index in [0.717, 1.165) is 36.4 Å². The minimum absolute atomic E-state index is 0.00615. The molecule has 5 rings (SSSR count). The monoisotopic (exact) mass is 409 g/mol. The molecular weight excluding hydrogens is 381 g/mol. The molecule has 1 atom stereocenters. The molecule has 4 nitrogen and oxygen atoms in total. The molecule has 1 saturated carbocycles. The molecule has 0 aromatic heterocycles. The van der Waals surface area contributed by atoms with Gasteiger partial charge in [-0.05, 0) is 67.1 Å². The van der Waals surface area contributed by atoms with Gasteiger partial charge in [-0.3, -0.25) is 4.79 Å². The largest absolute Gasteiger partial charge is 0.486 e. The van der Waals surface area contributed by atoms with Crippen molar-refractivity contribution >= 4 is 5.91 Å². The van der Waals surface area contributed by atoms with E-state index >= 15 is 0 Å². The van der Waals surface area contributed by atoms with Crippen LogP contribution >= 0.6 is 0 Å². The summed E-state index contributed by atoms with van der Waals surface area (Å²) >= 11 is 0. The van der Waals surface area contributed by atoms with Crippen LogP contribution in [0.3, 0.4) is 0 Å². The second-order valence-corrected chi connectivity index (χ2v) is 8.90. The van der Waals surface area contributed by atoms with Crippen molar-refractivity contribution in [1.82, 2.24) is 4.90 Å². The van der Waals surface area contributed by atoms with Crippen molar-refractivity contribution in [3.8, 4) is 11.5 Å². The van der Waals surface area contributed by atoms with E-state index in [4.69, 9.17) is 9.47 Å². The van der Waals surface area contributed by atoms with Gasteiger partial charge in [0.15, 0.2) is 11.5 Å². The summed E-state index contributed by atoms with van der Waals surface area (Å²) < 4.78 is 25.2. The zero-order chi connectivity index (χ0) is 20.7. The third-order valence-corrected chi connectivity index (χ3v) is 7.07. The van der Waals surface area contributed by atoms with Crippen LogP contribution in [-0.4, -0.2) is 30.6 Å². The average Bonchev–Trinajstić information content (AvgIpc) is 3.23. The second kappa shape index (κ2) is 7.60. The molecule has 1 spiro atoms. The molecule has 5 heteroatoms. The maximum atomic E-state index is 13.5. The van der Waals surface area contributed by atoms with Gasteiger partial charge in [0.25, 0.3) is 0 Å². The van der Waals surface area contributed by atoms with Crippen molar-refractivity contribution in [1.29, 1.82) is 0 Å². The van der Waals surface area contributed by atoms with Gasteiger partial charge in [-0.1, -0.05) is 25.0 Å². The number of aryl methyl sites for hydroxylation is 1. The van der Waals surface area contributed by atoms with E-state index in [2.05, 4.69) is 19.1 Å². The molecule has 30 heavy (non-hydrogen) atoms. The molecule has 3 aliphatic rings. The van der Waals surface area contributed by atoms with Crippen molar-refractivity contribution in [2.75, 3.05) is 19.8 Å². The summed E-state index contributed by atoms with van der Waals surface area (Å²) in [4.78, 5) is 15.3. The van der Waals surface area contributed by atoms with Gasteiger partial charge in [-0.2, -0.15) is 0 Å². The Kier molecular flexibility index (Phi) is 4.92. The molecule has 158 valence electrons. The average molecular weight is 410 g/mol. The first-order chi connectivity index (χ1) is 14.6. The Labute approximate surface area is 177 Å². The smallest absolute Gasteiger partial charge is 0.223 e. The molecule has 1 unspecified atom stereocenters. The zero-order valence-electron chi connectivity index (χ0n) is 17.5. The van der Waals surface area contributed by atoms with Gasteiger partial charge in [0, 0.05) is 18.4 Å². The zero-order valence-corrected chi connectivity index (χ0v) is 17.5. The summed E-state index contributed by atoms with van der Waals surface area (Å²) in [7, 11) is 0. The Morgan fingerprint density at radius 3 is 2.60 bits per heavy atom. The van der Waals surface area contributed by atoms with E-state index in [1.54, 1.807) is 6.07 Å².